The van der Waals surface area contributed by atoms with Crippen LogP contribution in [0.25, 0.3) is 0 Å². The van der Waals surface area contributed by atoms with E-state index in [4.69, 9.17) is 9.84 Å². The quantitative estimate of drug-likeness (QED) is 0.438. The third-order valence-electron chi connectivity index (χ3n) is 5.00. The number of thioether (sulfide) groups is 1. The van der Waals surface area contributed by atoms with Gasteiger partial charge in [-0.1, -0.05) is 18.2 Å². The van der Waals surface area contributed by atoms with Crippen LogP contribution in [0.1, 0.15) is 52.4 Å². The molecule has 1 saturated carbocycles. The molecular weight excluding hydrogens is 358 g/mol. The lowest BCUT2D eigenvalue weighted by atomic mass is 9.79. The number of rotatable bonds is 4. The second-order valence-electron chi connectivity index (χ2n) is 6.73. The van der Waals surface area contributed by atoms with Gasteiger partial charge in [0.15, 0.2) is 5.17 Å². The fourth-order valence-electron chi connectivity index (χ4n) is 3.62. The third-order valence-corrected chi connectivity index (χ3v) is 6.07. The summed E-state index contributed by atoms with van der Waals surface area (Å²) in [6.45, 7) is 3.59. The summed E-state index contributed by atoms with van der Waals surface area (Å²) in [5.41, 5.74) is 1.28. The molecule has 1 saturated heterocycles. The number of nitrogens with zero attached hydrogens (tertiary/aromatic N) is 2. The van der Waals surface area contributed by atoms with Crippen LogP contribution >= 0.6 is 11.8 Å². The van der Waals surface area contributed by atoms with Gasteiger partial charge in [0.05, 0.1) is 17.7 Å². The molecule has 0 aromatic heterocycles. The van der Waals surface area contributed by atoms with Crippen molar-refractivity contribution in [1.29, 1.82) is 0 Å². The van der Waals surface area contributed by atoms with Crippen molar-refractivity contribution in [2.75, 3.05) is 0 Å². The molecule has 2 N–H and O–H groups in total. The van der Waals surface area contributed by atoms with E-state index in [9.17, 15) is 14.4 Å². The molecule has 140 valence electrons. The number of nitrogens with one attached hydrogen (secondary N) is 1. The summed E-state index contributed by atoms with van der Waals surface area (Å²) in [5, 5.41) is 18.9. The number of amides is 1. The highest BCUT2D eigenvalue weighted by atomic mass is 32.2. The van der Waals surface area contributed by atoms with Crippen molar-refractivity contribution in [2.24, 2.45) is 10.2 Å². The molecule has 8 nitrogen and oxygen atoms in total. The molecular formula is C17H21N3O5S. The van der Waals surface area contributed by atoms with Crippen LogP contribution in [0.5, 0.6) is 0 Å². The highest BCUT2D eigenvalue weighted by Crippen LogP contribution is 2.43. The molecule has 2 aliphatic heterocycles. The zero-order valence-electron chi connectivity index (χ0n) is 14.7. The Morgan fingerprint density at radius 1 is 1.35 bits per heavy atom. The van der Waals surface area contributed by atoms with Crippen LogP contribution in [-0.2, 0) is 19.1 Å². The van der Waals surface area contributed by atoms with Crippen LogP contribution in [0, 0.1) is 0 Å². The molecule has 0 aromatic carbocycles. The number of aliphatic carboxylic acids is 1. The molecule has 3 rings (SSSR count). The Labute approximate surface area is 155 Å². The first kappa shape index (κ1) is 18.6. The van der Waals surface area contributed by atoms with Gasteiger partial charge in [-0.25, -0.2) is 4.79 Å². The third kappa shape index (κ3) is 3.53. The van der Waals surface area contributed by atoms with Crippen LogP contribution in [0.3, 0.4) is 0 Å². The molecule has 1 aliphatic carbocycles. The summed E-state index contributed by atoms with van der Waals surface area (Å²) < 4.78 is 5.70. The van der Waals surface area contributed by atoms with Gasteiger partial charge < -0.3 is 15.2 Å². The van der Waals surface area contributed by atoms with Gasteiger partial charge in [-0.3, -0.25) is 9.59 Å². The maximum Gasteiger partial charge on any atom is 0.341 e. The Bertz CT molecular complexity index is 749. The Morgan fingerprint density at radius 3 is 2.69 bits per heavy atom. The van der Waals surface area contributed by atoms with Gasteiger partial charge in [0, 0.05) is 0 Å². The lowest BCUT2D eigenvalue weighted by molar-refractivity contribution is -0.148. The van der Waals surface area contributed by atoms with Crippen LogP contribution in [0.4, 0.5) is 0 Å². The Balaban J connectivity index is 1.78. The number of esters is 1. The van der Waals surface area contributed by atoms with Crippen LogP contribution < -0.4 is 5.32 Å². The predicted molar refractivity (Wildman–Crippen MR) is 96.9 cm³/mol. The van der Waals surface area contributed by atoms with Gasteiger partial charge >= 0.3 is 11.9 Å². The first-order chi connectivity index (χ1) is 12.3. The van der Waals surface area contributed by atoms with E-state index in [0.717, 1.165) is 49.4 Å². The molecule has 0 bridgehead atoms. The van der Waals surface area contributed by atoms with Crippen LogP contribution in [0.15, 0.2) is 21.3 Å². The number of hydrogen-bond donors (Lipinski definition) is 2. The first-order valence-corrected chi connectivity index (χ1v) is 9.47. The molecule has 1 unspecified atom stereocenters. The van der Waals surface area contributed by atoms with E-state index in [2.05, 4.69) is 15.5 Å². The maximum atomic E-state index is 12.4. The maximum absolute atomic E-state index is 12.4. The summed E-state index contributed by atoms with van der Waals surface area (Å²) in [7, 11) is 0. The van der Waals surface area contributed by atoms with E-state index in [1.54, 1.807) is 6.92 Å². The van der Waals surface area contributed by atoms with Gasteiger partial charge in [0.2, 0.25) is 5.91 Å². The fraction of sp³-hybridized carbons (Fsp3) is 0.588. The molecule has 0 radical (unpaired) electrons. The Kier molecular flexibility index (Phi) is 5.17. The van der Waals surface area contributed by atoms with Gasteiger partial charge in [0.1, 0.15) is 10.9 Å². The minimum Gasteiger partial charge on any atom is -0.481 e. The van der Waals surface area contributed by atoms with Crippen molar-refractivity contribution in [3.63, 3.8) is 0 Å². The molecule has 2 fully saturated rings. The molecule has 26 heavy (non-hydrogen) atoms. The number of carboxylic acids is 1. The van der Waals surface area contributed by atoms with Crippen molar-refractivity contribution in [1.82, 2.24) is 5.32 Å². The summed E-state index contributed by atoms with van der Waals surface area (Å²) >= 11 is 1.02. The lowest BCUT2D eigenvalue weighted by Gasteiger charge is -2.33. The van der Waals surface area contributed by atoms with Crippen molar-refractivity contribution in [3.8, 4) is 0 Å². The standard InChI is InChI=1S/C17H21N3O5S/c1-9-13(15(24)25-17(9)6-4-3-5-7-17)10(2)19-20-16-18-14(23)11(26-16)8-12(21)22/h11H,3-8H2,1-2H3,(H,21,22)(H,18,20,23). The highest BCUT2D eigenvalue weighted by Gasteiger charge is 2.46. The lowest BCUT2D eigenvalue weighted by Crippen LogP contribution is -2.33. The van der Waals surface area contributed by atoms with Crippen molar-refractivity contribution >= 4 is 40.5 Å². The van der Waals surface area contributed by atoms with Gasteiger partial charge in [-0.05, 0) is 45.1 Å². The molecule has 1 atom stereocenters. The normalized spacial score (nSPS) is 27.2. The van der Waals surface area contributed by atoms with E-state index < -0.39 is 22.7 Å². The molecule has 0 aromatic rings. The summed E-state index contributed by atoms with van der Waals surface area (Å²) in [6, 6.07) is 0. The number of ether oxygens (including phenoxy) is 1. The summed E-state index contributed by atoms with van der Waals surface area (Å²) in [5.74, 6) is -1.83. The van der Waals surface area contributed by atoms with Crippen molar-refractivity contribution in [2.45, 2.75) is 63.2 Å². The zero-order valence-corrected chi connectivity index (χ0v) is 15.5. The Morgan fingerprint density at radius 2 is 2.04 bits per heavy atom. The number of carboxylic acid groups (broad SMARTS) is 1. The second-order valence-corrected chi connectivity index (χ2v) is 7.92. The average molecular weight is 379 g/mol. The van der Waals surface area contributed by atoms with E-state index in [1.807, 2.05) is 6.92 Å². The number of carbonyl (C=O) groups is 3. The monoisotopic (exact) mass is 379 g/mol. The minimum atomic E-state index is -1.05. The zero-order chi connectivity index (χ0) is 18.9. The van der Waals surface area contributed by atoms with E-state index >= 15 is 0 Å². The number of hydrogen-bond acceptors (Lipinski definition) is 7. The van der Waals surface area contributed by atoms with E-state index in [0.29, 0.717) is 11.3 Å². The largest absolute Gasteiger partial charge is 0.481 e. The molecule has 1 amide bonds. The number of carbonyl (C=O) groups excluding carboxylic acids is 2. The van der Waals surface area contributed by atoms with Crippen molar-refractivity contribution < 1.29 is 24.2 Å². The summed E-state index contributed by atoms with van der Waals surface area (Å²) in [4.78, 5) is 34.8. The molecule has 3 aliphatic rings. The summed E-state index contributed by atoms with van der Waals surface area (Å²) in [6.07, 6.45) is 4.60. The van der Waals surface area contributed by atoms with Crippen LogP contribution in [-0.4, -0.2) is 44.7 Å². The molecule has 2 heterocycles. The first-order valence-electron chi connectivity index (χ1n) is 8.59. The van der Waals surface area contributed by atoms with Gasteiger partial charge in [0.25, 0.3) is 0 Å². The molecule has 9 heteroatoms. The average Bonchev–Trinajstić information content (AvgIpc) is 3.03. The van der Waals surface area contributed by atoms with Crippen LogP contribution in [0.2, 0.25) is 0 Å². The van der Waals surface area contributed by atoms with Gasteiger partial charge in [-0.2, -0.15) is 5.10 Å². The van der Waals surface area contributed by atoms with Gasteiger partial charge in [-0.15, -0.1) is 5.10 Å². The minimum absolute atomic E-state index is 0.234. The van der Waals surface area contributed by atoms with E-state index in [1.165, 1.54) is 0 Å². The van der Waals surface area contributed by atoms with Crippen molar-refractivity contribution in [3.05, 3.63) is 11.1 Å². The SMILES string of the molecule is CC(=NN=C1NC(=O)C(CC(=O)O)S1)C1=C(C)C2(CCCCC2)OC1=O. The second kappa shape index (κ2) is 7.22. The van der Waals surface area contributed by atoms with E-state index in [-0.39, 0.29) is 17.6 Å². The Hall–Kier alpha value is -2.16. The number of amidine groups is 1. The fourth-order valence-corrected chi connectivity index (χ4v) is 4.53. The topological polar surface area (TPSA) is 117 Å². The predicted octanol–water partition coefficient (Wildman–Crippen LogP) is 2.00. The smallest absolute Gasteiger partial charge is 0.341 e. The molecule has 1 spiro atoms. The highest BCUT2D eigenvalue weighted by molar-refractivity contribution is 8.15.